The van der Waals surface area contributed by atoms with Gasteiger partial charge in [-0.1, -0.05) is 103 Å². The molecule has 0 fully saturated rings. The largest absolute Gasteiger partial charge is 0.481 e. The van der Waals surface area contributed by atoms with Gasteiger partial charge in [0.15, 0.2) is 0 Å². The molecule has 0 aromatic rings. The molecular weight excluding hydrogens is 700 g/mol. The maximum absolute atomic E-state index is 10.4. The first kappa shape index (κ1) is 53.0. The summed E-state index contributed by atoms with van der Waals surface area (Å²) in [6, 6.07) is 0. The third-order valence-corrected chi connectivity index (χ3v) is 8.32. The highest BCUT2D eigenvalue weighted by Gasteiger charge is 1.99. The first-order valence-corrected chi connectivity index (χ1v) is 21.3. The number of aliphatic carboxylic acids is 1. The van der Waals surface area contributed by atoms with Crippen molar-refractivity contribution >= 4 is 5.97 Å². The minimum absolute atomic E-state index is 0.000801. The lowest BCUT2D eigenvalue weighted by molar-refractivity contribution is -0.138. The molecule has 0 saturated carbocycles. The average molecular weight is 783 g/mol. The van der Waals surface area contributed by atoms with Gasteiger partial charge in [0, 0.05) is 6.61 Å². The van der Waals surface area contributed by atoms with Crippen LogP contribution in [0, 0.1) is 0 Å². The lowest BCUT2D eigenvalue weighted by atomic mass is 10.0. The molecule has 0 unspecified atom stereocenters. The molecule has 13 heteroatoms. The fourth-order valence-corrected chi connectivity index (χ4v) is 5.21. The van der Waals surface area contributed by atoms with Crippen LogP contribution in [0.25, 0.3) is 0 Å². The Bertz CT molecular complexity index is 689. The van der Waals surface area contributed by atoms with Crippen LogP contribution in [0.5, 0.6) is 0 Å². The molecular formula is C41H82O13. The van der Waals surface area contributed by atoms with E-state index >= 15 is 0 Å². The van der Waals surface area contributed by atoms with Gasteiger partial charge in [0.05, 0.1) is 145 Å². The Morgan fingerprint density at radius 2 is 0.463 bits per heavy atom. The Morgan fingerprint density at radius 1 is 0.278 bits per heavy atom. The fraction of sp³-hybridized carbons (Fsp3) is 0.976. The summed E-state index contributed by atoms with van der Waals surface area (Å²) in [4.78, 5) is 10.4. The van der Waals surface area contributed by atoms with E-state index in [2.05, 4.69) is 6.92 Å². The highest BCUT2D eigenvalue weighted by Crippen LogP contribution is 2.13. The zero-order valence-electron chi connectivity index (χ0n) is 34.4. The van der Waals surface area contributed by atoms with Crippen molar-refractivity contribution in [2.24, 2.45) is 0 Å². The zero-order chi connectivity index (χ0) is 38.9. The molecule has 1 N–H and O–H groups in total. The maximum Gasteiger partial charge on any atom is 0.305 e. The predicted octanol–water partition coefficient (Wildman–Crippen LogP) is 6.91. The molecule has 0 heterocycles. The van der Waals surface area contributed by atoms with Gasteiger partial charge in [0.2, 0.25) is 0 Å². The van der Waals surface area contributed by atoms with Crippen molar-refractivity contribution in [1.82, 2.24) is 0 Å². The molecule has 0 aliphatic carbocycles. The number of carboxylic acids is 1. The van der Waals surface area contributed by atoms with E-state index < -0.39 is 5.97 Å². The van der Waals surface area contributed by atoms with Crippen molar-refractivity contribution in [2.75, 3.05) is 145 Å². The van der Waals surface area contributed by atoms with Crippen molar-refractivity contribution in [3.8, 4) is 0 Å². The Kier molecular flexibility index (Phi) is 49.2. The fourth-order valence-electron chi connectivity index (χ4n) is 5.21. The van der Waals surface area contributed by atoms with Crippen LogP contribution in [0.15, 0.2) is 0 Å². The number of carboxylic acid groups (broad SMARTS) is 1. The van der Waals surface area contributed by atoms with Crippen LogP contribution in [0.2, 0.25) is 0 Å². The number of hydrogen-bond donors (Lipinski definition) is 1. The third kappa shape index (κ3) is 51.0. The summed E-state index contributed by atoms with van der Waals surface area (Å²) in [6.45, 7) is 13.4. The summed E-state index contributed by atoms with van der Waals surface area (Å²) in [5.41, 5.74) is 0. The van der Waals surface area contributed by atoms with Crippen LogP contribution in [0.4, 0.5) is 0 Å². The van der Waals surface area contributed by atoms with Crippen LogP contribution in [-0.2, 0) is 56.9 Å². The van der Waals surface area contributed by atoms with Gasteiger partial charge in [-0.25, -0.2) is 0 Å². The number of ether oxygens (including phenoxy) is 11. The lowest BCUT2D eigenvalue weighted by Crippen LogP contribution is -2.15. The number of carbonyl (C=O) groups is 1. The predicted molar refractivity (Wildman–Crippen MR) is 211 cm³/mol. The Balaban J connectivity index is 3.05. The Labute approximate surface area is 329 Å². The van der Waals surface area contributed by atoms with E-state index in [4.69, 9.17) is 57.2 Å². The van der Waals surface area contributed by atoms with E-state index in [1.165, 1.54) is 96.3 Å². The second-order valence-electron chi connectivity index (χ2n) is 13.2. The molecule has 0 aliphatic heterocycles. The van der Waals surface area contributed by atoms with Crippen molar-refractivity contribution < 1.29 is 62.0 Å². The lowest BCUT2D eigenvalue weighted by Gasteiger charge is -2.09. The summed E-state index contributed by atoms with van der Waals surface area (Å²) in [6.07, 6.45) is 22.1. The van der Waals surface area contributed by atoms with Crippen LogP contribution in [-0.4, -0.2) is 156 Å². The Hall–Kier alpha value is -0.970. The first-order chi connectivity index (χ1) is 26.8. The zero-order valence-corrected chi connectivity index (χ0v) is 34.4. The minimum atomic E-state index is -0.871. The van der Waals surface area contributed by atoms with Crippen LogP contribution in [0.1, 0.15) is 116 Å². The van der Waals surface area contributed by atoms with Crippen molar-refractivity contribution in [3.05, 3.63) is 0 Å². The molecule has 0 aromatic heterocycles. The van der Waals surface area contributed by atoms with Gasteiger partial charge in [-0.15, -0.1) is 0 Å². The van der Waals surface area contributed by atoms with Crippen molar-refractivity contribution in [3.63, 3.8) is 0 Å². The number of rotatable bonds is 50. The second kappa shape index (κ2) is 50.0. The highest BCUT2D eigenvalue weighted by atomic mass is 16.6. The standard InChI is InChI=1S/C41H82O13/c1-2-3-4-5-6-7-8-9-10-11-12-13-14-15-16-17-19-44-21-23-46-25-27-48-29-31-50-33-35-52-37-39-54-40-38-53-36-34-51-32-30-49-28-26-47-24-22-45-20-18-41(42)43/h2-40H2,1H3,(H,42,43). The third-order valence-electron chi connectivity index (χ3n) is 8.32. The summed E-state index contributed by atoms with van der Waals surface area (Å²) in [7, 11) is 0. The van der Waals surface area contributed by atoms with Crippen molar-refractivity contribution in [1.29, 1.82) is 0 Å². The molecule has 0 radical (unpaired) electrons. The molecule has 0 atom stereocenters. The molecule has 13 nitrogen and oxygen atoms in total. The van der Waals surface area contributed by atoms with Gasteiger partial charge < -0.3 is 57.2 Å². The van der Waals surface area contributed by atoms with Gasteiger partial charge in [-0.2, -0.15) is 0 Å². The van der Waals surface area contributed by atoms with Gasteiger partial charge >= 0.3 is 5.97 Å². The molecule has 324 valence electrons. The van der Waals surface area contributed by atoms with Gasteiger partial charge in [-0.05, 0) is 6.42 Å². The molecule has 0 aliphatic rings. The van der Waals surface area contributed by atoms with Crippen LogP contribution < -0.4 is 0 Å². The SMILES string of the molecule is CCCCCCCCCCCCCCCCCCOCCOCCOCCOCCOCCOCCOCCOCCOCCOCCOCCC(=O)O. The van der Waals surface area contributed by atoms with Crippen molar-refractivity contribution in [2.45, 2.75) is 116 Å². The molecule has 0 saturated heterocycles. The smallest absolute Gasteiger partial charge is 0.305 e. The summed E-state index contributed by atoms with van der Waals surface area (Å²) in [5.74, 6) is -0.871. The number of unbranched alkanes of at least 4 members (excludes halogenated alkanes) is 15. The van der Waals surface area contributed by atoms with Crippen LogP contribution >= 0.6 is 0 Å². The van der Waals surface area contributed by atoms with Gasteiger partial charge in [-0.3, -0.25) is 4.79 Å². The highest BCUT2D eigenvalue weighted by molar-refractivity contribution is 5.66. The molecule has 0 rings (SSSR count). The van der Waals surface area contributed by atoms with E-state index in [0.717, 1.165) is 13.0 Å². The monoisotopic (exact) mass is 783 g/mol. The van der Waals surface area contributed by atoms with E-state index in [1.807, 2.05) is 0 Å². The summed E-state index contributed by atoms with van der Waals surface area (Å²) < 4.78 is 60.1. The van der Waals surface area contributed by atoms with Gasteiger partial charge in [0.1, 0.15) is 0 Å². The van der Waals surface area contributed by atoms with E-state index in [1.54, 1.807) is 0 Å². The number of hydrogen-bond acceptors (Lipinski definition) is 12. The summed E-state index contributed by atoms with van der Waals surface area (Å²) in [5, 5.41) is 8.50. The van der Waals surface area contributed by atoms with E-state index in [0.29, 0.717) is 132 Å². The molecule has 54 heavy (non-hydrogen) atoms. The first-order valence-electron chi connectivity index (χ1n) is 21.3. The maximum atomic E-state index is 10.4. The molecule has 0 aromatic carbocycles. The quantitative estimate of drug-likeness (QED) is 0.0641. The van der Waals surface area contributed by atoms with E-state index in [9.17, 15) is 4.79 Å². The molecule has 0 spiro atoms. The topological polar surface area (TPSA) is 139 Å². The average Bonchev–Trinajstić information content (AvgIpc) is 3.17. The summed E-state index contributed by atoms with van der Waals surface area (Å²) >= 11 is 0. The van der Waals surface area contributed by atoms with Crippen LogP contribution in [0.3, 0.4) is 0 Å². The van der Waals surface area contributed by atoms with Gasteiger partial charge in [0.25, 0.3) is 0 Å². The second-order valence-corrected chi connectivity index (χ2v) is 13.2. The minimum Gasteiger partial charge on any atom is -0.481 e. The normalized spacial score (nSPS) is 11.6. The molecule has 0 amide bonds. The van der Waals surface area contributed by atoms with E-state index in [-0.39, 0.29) is 13.0 Å². The Morgan fingerprint density at radius 3 is 0.685 bits per heavy atom. The molecule has 0 bridgehead atoms.